The van der Waals surface area contributed by atoms with E-state index in [0.717, 1.165) is 28.5 Å². The van der Waals surface area contributed by atoms with Crippen LogP contribution in [-0.4, -0.2) is 60.9 Å². The van der Waals surface area contributed by atoms with Crippen LogP contribution in [0.5, 0.6) is 0 Å². The van der Waals surface area contributed by atoms with E-state index in [0.29, 0.717) is 37.4 Å². The topological polar surface area (TPSA) is 115 Å². The van der Waals surface area contributed by atoms with Crippen molar-refractivity contribution in [2.24, 2.45) is 0 Å². The molecule has 1 N–H and O–H groups in total. The number of benzene rings is 2. The van der Waals surface area contributed by atoms with Gasteiger partial charge in [-0.1, -0.05) is 41.6 Å². The lowest BCUT2D eigenvalue weighted by Crippen LogP contribution is -2.40. The standard InChI is InChI=1S/C22H24N4O5S2/c1-16-3-2-4-18(13-16)21-24-25-22(31-21)32-15-20(27)23-14-17-5-7-19(8-6-17)33(28,29)26-9-11-30-12-10-26/h2-8,13H,9-12,14-15H2,1H3,(H,23,27). The van der Waals surface area contributed by atoms with Gasteiger partial charge in [0.25, 0.3) is 5.22 Å². The second-order valence-corrected chi connectivity index (χ2v) is 10.3. The monoisotopic (exact) mass is 488 g/mol. The molecule has 2 heterocycles. The average molecular weight is 489 g/mol. The number of hydrogen-bond acceptors (Lipinski definition) is 8. The number of aryl methyl sites for hydroxylation is 1. The van der Waals surface area contributed by atoms with Crippen LogP contribution in [0, 0.1) is 6.92 Å². The normalized spacial score (nSPS) is 14.8. The fraction of sp³-hybridized carbons (Fsp3) is 0.318. The molecule has 4 rings (SSSR count). The van der Waals surface area contributed by atoms with Gasteiger partial charge in [-0.05, 0) is 36.8 Å². The van der Waals surface area contributed by atoms with Crippen LogP contribution >= 0.6 is 11.8 Å². The quantitative estimate of drug-likeness (QED) is 0.481. The number of ether oxygens (including phenoxy) is 1. The summed E-state index contributed by atoms with van der Waals surface area (Å²) >= 11 is 1.16. The number of thioether (sulfide) groups is 1. The summed E-state index contributed by atoms with van der Waals surface area (Å²) in [7, 11) is -3.53. The molecule has 11 heteroatoms. The molecule has 0 spiro atoms. The summed E-state index contributed by atoms with van der Waals surface area (Å²) in [5.41, 5.74) is 2.72. The van der Waals surface area contributed by atoms with Gasteiger partial charge in [0, 0.05) is 25.2 Å². The highest BCUT2D eigenvalue weighted by Gasteiger charge is 2.26. The Labute approximate surface area is 196 Å². The Morgan fingerprint density at radius 1 is 1.12 bits per heavy atom. The minimum Gasteiger partial charge on any atom is -0.411 e. The highest BCUT2D eigenvalue weighted by molar-refractivity contribution is 7.99. The van der Waals surface area contributed by atoms with E-state index in [1.807, 2.05) is 31.2 Å². The molecule has 0 saturated carbocycles. The van der Waals surface area contributed by atoms with Gasteiger partial charge in [-0.25, -0.2) is 8.42 Å². The Morgan fingerprint density at radius 3 is 2.61 bits per heavy atom. The van der Waals surface area contributed by atoms with Crippen molar-refractivity contribution in [1.82, 2.24) is 19.8 Å². The van der Waals surface area contributed by atoms with Crippen LogP contribution in [0.2, 0.25) is 0 Å². The van der Waals surface area contributed by atoms with Gasteiger partial charge in [-0.3, -0.25) is 4.79 Å². The Balaban J connectivity index is 1.26. The van der Waals surface area contributed by atoms with Gasteiger partial charge in [-0.2, -0.15) is 4.31 Å². The summed E-state index contributed by atoms with van der Waals surface area (Å²) in [6, 6.07) is 14.3. The summed E-state index contributed by atoms with van der Waals surface area (Å²) in [6.07, 6.45) is 0. The first-order valence-corrected chi connectivity index (χ1v) is 12.8. The van der Waals surface area contributed by atoms with E-state index < -0.39 is 10.0 Å². The molecular weight excluding hydrogens is 464 g/mol. The molecule has 1 saturated heterocycles. The number of aromatic nitrogens is 2. The zero-order valence-electron chi connectivity index (χ0n) is 18.1. The largest absolute Gasteiger partial charge is 0.411 e. The molecule has 1 aliphatic rings. The van der Waals surface area contributed by atoms with Gasteiger partial charge < -0.3 is 14.5 Å². The van der Waals surface area contributed by atoms with Gasteiger partial charge in [0.05, 0.1) is 23.9 Å². The molecular formula is C22H24N4O5S2. The SMILES string of the molecule is Cc1cccc(-c2nnc(SCC(=O)NCc3ccc(S(=O)(=O)N4CCOCC4)cc3)o2)c1. The first-order chi connectivity index (χ1) is 15.9. The van der Waals surface area contributed by atoms with Crippen molar-refractivity contribution >= 4 is 27.7 Å². The molecule has 0 bridgehead atoms. The number of nitrogens with zero attached hydrogens (tertiary/aromatic N) is 3. The predicted octanol–water partition coefficient (Wildman–Crippen LogP) is 2.47. The zero-order valence-corrected chi connectivity index (χ0v) is 19.7. The van der Waals surface area contributed by atoms with E-state index in [9.17, 15) is 13.2 Å². The van der Waals surface area contributed by atoms with Crippen molar-refractivity contribution in [2.75, 3.05) is 32.1 Å². The first kappa shape index (κ1) is 23.4. The molecule has 0 aliphatic carbocycles. The maximum atomic E-state index is 12.7. The number of sulfonamides is 1. The van der Waals surface area contributed by atoms with Gasteiger partial charge in [-0.15, -0.1) is 10.2 Å². The molecule has 1 aromatic heterocycles. The highest BCUT2D eigenvalue weighted by atomic mass is 32.2. The van der Waals surface area contributed by atoms with Gasteiger partial charge >= 0.3 is 0 Å². The lowest BCUT2D eigenvalue weighted by atomic mass is 10.1. The third kappa shape index (κ3) is 5.99. The number of amides is 1. The van der Waals surface area contributed by atoms with Crippen LogP contribution in [0.25, 0.3) is 11.5 Å². The number of hydrogen-bond donors (Lipinski definition) is 1. The number of carbonyl (C=O) groups is 1. The Bertz CT molecular complexity index is 1210. The fourth-order valence-electron chi connectivity index (χ4n) is 3.26. The summed E-state index contributed by atoms with van der Waals surface area (Å²) in [5, 5.41) is 11.1. The summed E-state index contributed by atoms with van der Waals surface area (Å²) in [6.45, 7) is 3.77. The Kier molecular flexibility index (Phi) is 7.43. The lowest BCUT2D eigenvalue weighted by molar-refractivity contribution is -0.118. The van der Waals surface area contributed by atoms with E-state index in [2.05, 4.69) is 15.5 Å². The maximum Gasteiger partial charge on any atom is 0.277 e. The molecule has 1 amide bonds. The first-order valence-electron chi connectivity index (χ1n) is 10.4. The van der Waals surface area contributed by atoms with Crippen molar-refractivity contribution in [2.45, 2.75) is 23.6 Å². The molecule has 1 fully saturated rings. The molecule has 0 atom stereocenters. The molecule has 9 nitrogen and oxygen atoms in total. The minimum atomic E-state index is -3.53. The van der Waals surface area contributed by atoms with E-state index in [1.54, 1.807) is 24.3 Å². The molecule has 33 heavy (non-hydrogen) atoms. The molecule has 0 radical (unpaired) electrons. The third-order valence-electron chi connectivity index (χ3n) is 5.02. The van der Waals surface area contributed by atoms with E-state index in [-0.39, 0.29) is 23.1 Å². The van der Waals surface area contributed by atoms with Gasteiger partial charge in [0.2, 0.25) is 21.8 Å². The summed E-state index contributed by atoms with van der Waals surface area (Å²) < 4.78 is 37.6. The Hall–Kier alpha value is -2.73. The highest BCUT2D eigenvalue weighted by Crippen LogP contribution is 2.23. The van der Waals surface area contributed by atoms with E-state index >= 15 is 0 Å². The molecule has 2 aromatic carbocycles. The van der Waals surface area contributed by atoms with Crippen LogP contribution in [0.4, 0.5) is 0 Å². The second-order valence-electron chi connectivity index (χ2n) is 7.47. The summed E-state index contributed by atoms with van der Waals surface area (Å²) in [4.78, 5) is 12.4. The smallest absolute Gasteiger partial charge is 0.277 e. The second kappa shape index (κ2) is 10.5. The number of morpholine rings is 1. The van der Waals surface area contributed by atoms with Crippen LogP contribution in [0.15, 0.2) is 63.1 Å². The van der Waals surface area contributed by atoms with Crippen molar-refractivity contribution in [3.8, 4) is 11.5 Å². The minimum absolute atomic E-state index is 0.124. The van der Waals surface area contributed by atoms with E-state index in [4.69, 9.17) is 9.15 Å². The summed E-state index contributed by atoms with van der Waals surface area (Å²) in [5.74, 6) is 0.341. The Morgan fingerprint density at radius 2 is 1.88 bits per heavy atom. The molecule has 0 unspecified atom stereocenters. The van der Waals surface area contributed by atoms with Crippen LogP contribution < -0.4 is 5.32 Å². The van der Waals surface area contributed by atoms with Crippen molar-refractivity contribution < 1.29 is 22.4 Å². The maximum absolute atomic E-state index is 12.7. The number of nitrogens with one attached hydrogen (secondary N) is 1. The van der Waals surface area contributed by atoms with Crippen LogP contribution in [0.3, 0.4) is 0 Å². The van der Waals surface area contributed by atoms with E-state index in [1.165, 1.54) is 4.31 Å². The fourth-order valence-corrected chi connectivity index (χ4v) is 5.26. The molecule has 1 aliphatic heterocycles. The lowest BCUT2D eigenvalue weighted by Gasteiger charge is -2.26. The van der Waals surface area contributed by atoms with Gasteiger partial charge in [0.1, 0.15) is 0 Å². The predicted molar refractivity (Wildman–Crippen MR) is 123 cm³/mol. The van der Waals surface area contributed by atoms with Crippen molar-refractivity contribution in [3.05, 3.63) is 59.7 Å². The number of carbonyl (C=O) groups excluding carboxylic acids is 1. The van der Waals surface area contributed by atoms with Crippen molar-refractivity contribution in [1.29, 1.82) is 0 Å². The van der Waals surface area contributed by atoms with Crippen LogP contribution in [0.1, 0.15) is 11.1 Å². The molecule has 3 aromatic rings. The number of rotatable bonds is 8. The van der Waals surface area contributed by atoms with Crippen molar-refractivity contribution in [3.63, 3.8) is 0 Å². The zero-order chi connectivity index (χ0) is 23.3. The average Bonchev–Trinajstić information content (AvgIpc) is 3.31. The van der Waals surface area contributed by atoms with Gasteiger partial charge in [0.15, 0.2) is 0 Å². The van der Waals surface area contributed by atoms with Crippen LogP contribution in [-0.2, 0) is 26.1 Å². The third-order valence-corrected chi connectivity index (χ3v) is 7.75. The molecule has 174 valence electrons.